The number of pyridine rings is 1. The zero-order valence-electron chi connectivity index (χ0n) is 17.2. The van der Waals surface area contributed by atoms with E-state index in [-0.39, 0.29) is 24.4 Å². The lowest BCUT2D eigenvalue weighted by atomic mass is 10.0. The zero-order valence-corrected chi connectivity index (χ0v) is 17.2. The van der Waals surface area contributed by atoms with Crippen LogP contribution in [0.3, 0.4) is 0 Å². The summed E-state index contributed by atoms with van der Waals surface area (Å²) in [6.45, 7) is 13.0. The van der Waals surface area contributed by atoms with Crippen LogP contribution in [-0.2, 0) is 9.47 Å². The monoisotopic (exact) mass is 380 g/mol. The number of carbonyl (C=O) groups is 1. The summed E-state index contributed by atoms with van der Waals surface area (Å²) < 4.78 is 22.9. The molecular formula is C20H32N2O5. The normalized spacial score (nSPS) is 20.5. The molecule has 152 valence electrons. The van der Waals surface area contributed by atoms with Gasteiger partial charge in [0.1, 0.15) is 23.6 Å². The van der Waals surface area contributed by atoms with Gasteiger partial charge in [-0.05, 0) is 47.6 Å². The largest absolute Gasteiger partial charge is 0.489 e. The fourth-order valence-electron chi connectivity index (χ4n) is 2.83. The van der Waals surface area contributed by atoms with Crippen LogP contribution in [0, 0.1) is 0 Å². The van der Waals surface area contributed by atoms with Crippen molar-refractivity contribution in [1.82, 2.24) is 9.88 Å². The van der Waals surface area contributed by atoms with Gasteiger partial charge in [0.05, 0.1) is 18.8 Å². The SMILES string of the molecule is CCO[C@@H]1CN(C(=O)OC(C)(C)C)CC[C@@H]1Oc1ccc(OC(C)C)cn1. The van der Waals surface area contributed by atoms with Crippen molar-refractivity contribution in [3.63, 3.8) is 0 Å². The minimum absolute atomic E-state index is 0.0954. The second-order valence-corrected chi connectivity index (χ2v) is 7.86. The van der Waals surface area contributed by atoms with Gasteiger partial charge >= 0.3 is 6.09 Å². The van der Waals surface area contributed by atoms with Crippen LogP contribution in [-0.4, -0.2) is 59.6 Å². The highest BCUT2D eigenvalue weighted by Crippen LogP contribution is 2.23. The molecule has 1 aliphatic rings. The molecule has 0 spiro atoms. The Morgan fingerprint density at radius 3 is 2.59 bits per heavy atom. The standard InChI is InChI=1S/C20H32N2O5/c1-7-24-17-13-22(19(23)27-20(4,5)6)11-10-16(17)26-18-9-8-15(12-21-18)25-14(2)3/h8-9,12,14,16-17H,7,10-11,13H2,1-6H3/t16-,17+/m0/s1. The molecule has 7 heteroatoms. The van der Waals surface area contributed by atoms with E-state index in [1.54, 1.807) is 17.2 Å². The van der Waals surface area contributed by atoms with Crippen LogP contribution in [0.15, 0.2) is 18.3 Å². The summed E-state index contributed by atoms with van der Waals surface area (Å²) in [4.78, 5) is 18.3. The number of piperidine rings is 1. The van der Waals surface area contributed by atoms with Crippen molar-refractivity contribution in [3.05, 3.63) is 18.3 Å². The van der Waals surface area contributed by atoms with E-state index in [2.05, 4.69) is 4.98 Å². The summed E-state index contributed by atoms with van der Waals surface area (Å²) in [6.07, 6.45) is 1.67. The maximum absolute atomic E-state index is 12.3. The average molecular weight is 380 g/mol. The maximum Gasteiger partial charge on any atom is 0.410 e. The number of aromatic nitrogens is 1. The molecule has 1 aliphatic heterocycles. The third-order valence-corrected chi connectivity index (χ3v) is 3.88. The van der Waals surface area contributed by atoms with Crippen molar-refractivity contribution in [2.45, 2.75) is 71.9 Å². The lowest BCUT2D eigenvalue weighted by molar-refractivity contribution is -0.0700. The van der Waals surface area contributed by atoms with Gasteiger partial charge in [0.25, 0.3) is 0 Å². The molecule has 1 fully saturated rings. The van der Waals surface area contributed by atoms with Crippen LogP contribution in [0.25, 0.3) is 0 Å². The van der Waals surface area contributed by atoms with Gasteiger partial charge in [-0.2, -0.15) is 0 Å². The van der Waals surface area contributed by atoms with Crippen LogP contribution >= 0.6 is 0 Å². The highest BCUT2D eigenvalue weighted by Gasteiger charge is 2.35. The molecule has 0 N–H and O–H groups in total. The molecule has 0 bridgehead atoms. The Kier molecular flexibility index (Phi) is 7.30. The number of carbonyl (C=O) groups excluding carboxylic acids is 1. The molecule has 0 saturated carbocycles. The number of nitrogens with zero attached hydrogens (tertiary/aromatic N) is 2. The number of hydrogen-bond acceptors (Lipinski definition) is 6. The van der Waals surface area contributed by atoms with Crippen LogP contribution in [0.2, 0.25) is 0 Å². The van der Waals surface area contributed by atoms with Crippen LogP contribution in [0.1, 0.15) is 48.0 Å². The first-order chi connectivity index (χ1) is 12.7. The summed E-state index contributed by atoms with van der Waals surface area (Å²) in [5, 5.41) is 0. The van der Waals surface area contributed by atoms with Crippen molar-refractivity contribution < 1.29 is 23.7 Å². The predicted molar refractivity (Wildman–Crippen MR) is 102 cm³/mol. The molecule has 0 aliphatic carbocycles. The topological polar surface area (TPSA) is 70.1 Å². The molecule has 2 rings (SSSR count). The molecule has 2 atom stereocenters. The van der Waals surface area contributed by atoms with Gasteiger partial charge in [-0.25, -0.2) is 9.78 Å². The molecule has 0 radical (unpaired) electrons. The Balaban J connectivity index is 1.98. The highest BCUT2D eigenvalue weighted by atomic mass is 16.6. The Bertz CT molecular complexity index is 597. The Morgan fingerprint density at radius 1 is 1.30 bits per heavy atom. The van der Waals surface area contributed by atoms with E-state index in [4.69, 9.17) is 18.9 Å². The predicted octanol–water partition coefficient (Wildman–Crippen LogP) is 3.66. The van der Waals surface area contributed by atoms with E-state index < -0.39 is 5.60 Å². The van der Waals surface area contributed by atoms with Crippen molar-refractivity contribution >= 4 is 6.09 Å². The minimum atomic E-state index is -0.519. The molecular weight excluding hydrogens is 348 g/mol. The van der Waals surface area contributed by atoms with E-state index >= 15 is 0 Å². The number of rotatable bonds is 6. The zero-order chi connectivity index (χ0) is 20.0. The Hall–Kier alpha value is -2.02. The molecule has 1 aromatic heterocycles. The number of amides is 1. The van der Waals surface area contributed by atoms with Gasteiger partial charge in [0, 0.05) is 25.6 Å². The van der Waals surface area contributed by atoms with E-state index in [1.165, 1.54) is 0 Å². The van der Waals surface area contributed by atoms with E-state index in [1.807, 2.05) is 47.6 Å². The van der Waals surface area contributed by atoms with Crippen molar-refractivity contribution in [2.24, 2.45) is 0 Å². The van der Waals surface area contributed by atoms with Gasteiger partial charge in [0.15, 0.2) is 0 Å². The van der Waals surface area contributed by atoms with Crippen LogP contribution in [0.5, 0.6) is 11.6 Å². The molecule has 7 nitrogen and oxygen atoms in total. The van der Waals surface area contributed by atoms with Crippen molar-refractivity contribution in [3.8, 4) is 11.6 Å². The molecule has 1 saturated heterocycles. The van der Waals surface area contributed by atoms with E-state index in [9.17, 15) is 4.79 Å². The second kappa shape index (κ2) is 9.26. The van der Waals surface area contributed by atoms with Gasteiger partial charge < -0.3 is 23.8 Å². The first-order valence-electron chi connectivity index (χ1n) is 9.57. The number of hydrogen-bond donors (Lipinski definition) is 0. The van der Waals surface area contributed by atoms with Gasteiger partial charge in [-0.1, -0.05) is 0 Å². The van der Waals surface area contributed by atoms with Crippen LogP contribution < -0.4 is 9.47 Å². The lowest BCUT2D eigenvalue weighted by Crippen LogP contribution is -2.53. The van der Waals surface area contributed by atoms with E-state index in [0.29, 0.717) is 37.7 Å². The van der Waals surface area contributed by atoms with E-state index in [0.717, 1.165) is 0 Å². The summed E-state index contributed by atoms with van der Waals surface area (Å²) >= 11 is 0. The summed E-state index contributed by atoms with van der Waals surface area (Å²) in [5.74, 6) is 1.23. The fraction of sp³-hybridized carbons (Fsp3) is 0.700. The third kappa shape index (κ3) is 6.90. The number of ether oxygens (including phenoxy) is 4. The van der Waals surface area contributed by atoms with Crippen molar-refractivity contribution in [2.75, 3.05) is 19.7 Å². The second-order valence-electron chi connectivity index (χ2n) is 7.86. The smallest absolute Gasteiger partial charge is 0.410 e. The minimum Gasteiger partial charge on any atom is -0.489 e. The molecule has 0 unspecified atom stereocenters. The van der Waals surface area contributed by atoms with Crippen LogP contribution in [0.4, 0.5) is 4.79 Å². The summed E-state index contributed by atoms with van der Waals surface area (Å²) in [7, 11) is 0. The summed E-state index contributed by atoms with van der Waals surface area (Å²) in [5.41, 5.74) is -0.519. The summed E-state index contributed by atoms with van der Waals surface area (Å²) in [6, 6.07) is 3.63. The van der Waals surface area contributed by atoms with Gasteiger partial charge in [0.2, 0.25) is 5.88 Å². The molecule has 0 aromatic carbocycles. The molecule has 1 aromatic rings. The van der Waals surface area contributed by atoms with Gasteiger partial charge in [-0.15, -0.1) is 0 Å². The average Bonchev–Trinajstić information content (AvgIpc) is 2.56. The lowest BCUT2D eigenvalue weighted by Gasteiger charge is -2.38. The third-order valence-electron chi connectivity index (χ3n) is 3.88. The first kappa shape index (κ1) is 21.3. The quantitative estimate of drug-likeness (QED) is 0.750. The maximum atomic E-state index is 12.3. The van der Waals surface area contributed by atoms with Crippen molar-refractivity contribution in [1.29, 1.82) is 0 Å². The Morgan fingerprint density at radius 2 is 2.04 bits per heavy atom. The number of likely N-dealkylation sites (tertiary alicyclic amines) is 1. The first-order valence-corrected chi connectivity index (χ1v) is 9.57. The molecule has 2 heterocycles. The highest BCUT2D eigenvalue weighted by molar-refractivity contribution is 5.68. The Labute approximate surface area is 161 Å². The molecule has 27 heavy (non-hydrogen) atoms. The molecule has 1 amide bonds. The van der Waals surface area contributed by atoms with Gasteiger partial charge in [-0.3, -0.25) is 0 Å². The fourth-order valence-corrected chi connectivity index (χ4v) is 2.83.